The lowest BCUT2D eigenvalue weighted by Crippen LogP contribution is -2.21. The number of carbonyl (C=O) groups excluding carboxylic acids is 2. The van der Waals surface area contributed by atoms with Crippen molar-refractivity contribution in [3.8, 4) is 0 Å². The average Bonchev–Trinajstić information content (AvgIpc) is 2.98. The zero-order valence-electron chi connectivity index (χ0n) is 23.0. The molecule has 232 valence electrons. The molecular weight excluding hydrogens is 608 g/mol. The van der Waals surface area contributed by atoms with Crippen molar-refractivity contribution in [1.82, 2.24) is 0 Å². The number of ketones is 2. The van der Waals surface area contributed by atoms with Gasteiger partial charge in [0.1, 0.15) is 22.9 Å². The van der Waals surface area contributed by atoms with Crippen molar-refractivity contribution < 1.29 is 59.4 Å². The Morgan fingerprint density at radius 3 is 1.26 bits per heavy atom. The normalized spacial score (nSPS) is 16.4. The molecule has 0 aliphatic heterocycles. The van der Waals surface area contributed by atoms with Gasteiger partial charge in [0.25, 0.3) is 0 Å². The van der Waals surface area contributed by atoms with Crippen LogP contribution in [0.15, 0.2) is 93.6 Å². The molecule has 0 fully saturated rings. The van der Waals surface area contributed by atoms with Gasteiger partial charge in [-0.25, -0.2) is 19.2 Å². The van der Waals surface area contributed by atoms with Crippen molar-refractivity contribution >= 4 is 70.4 Å². The van der Waals surface area contributed by atoms with Gasteiger partial charge in [0.05, 0.1) is 33.6 Å². The minimum Gasteiger partial charge on any atom is -0.505 e. The Hall–Kier alpha value is -7.10. The number of allylic oxidation sites excluding steroid dienone is 6. The Balaban J connectivity index is 1.58. The molecule has 2 aliphatic rings. The monoisotopic (exact) mass is 628 g/mol. The molecule has 0 amide bonds. The summed E-state index contributed by atoms with van der Waals surface area (Å²) in [5.41, 5.74) is 2.49. The van der Waals surface area contributed by atoms with Gasteiger partial charge in [-0.3, -0.25) is 20.4 Å². The number of hydrazone groups is 2. The number of carboxylic acid groups (broad SMARTS) is 4. The van der Waals surface area contributed by atoms with E-state index in [4.69, 9.17) is 0 Å². The summed E-state index contributed by atoms with van der Waals surface area (Å²) in [7, 11) is 0. The molecule has 0 aromatic heterocycles. The van der Waals surface area contributed by atoms with Gasteiger partial charge in [0.2, 0.25) is 0 Å². The first-order valence-electron chi connectivity index (χ1n) is 12.7. The molecule has 16 heteroatoms. The number of carboxylic acids is 4. The molecular formula is C30H20N4O12. The number of anilines is 2. The van der Waals surface area contributed by atoms with E-state index >= 15 is 0 Å². The van der Waals surface area contributed by atoms with E-state index in [1.165, 1.54) is 48.6 Å². The number of benzene rings is 2. The first kappa shape index (κ1) is 31.8. The topological polar surface area (TPSA) is 273 Å². The smallest absolute Gasteiger partial charge is 0.338 e. The molecule has 0 radical (unpaired) electrons. The molecule has 2 aromatic rings. The summed E-state index contributed by atoms with van der Waals surface area (Å²) in [4.78, 5) is 69.9. The van der Waals surface area contributed by atoms with Crippen molar-refractivity contribution in [3.63, 3.8) is 0 Å². The molecule has 0 unspecified atom stereocenters. The third-order valence-corrected chi connectivity index (χ3v) is 6.18. The van der Waals surface area contributed by atoms with Crippen LogP contribution in [0.2, 0.25) is 0 Å². The summed E-state index contributed by atoms with van der Waals surface area (Å²) in [6, 6.07) is 8.02. The van der Waals surface area contributed by atoms with Crippen LogP contribution in [0.5, 0.6) is 0 Å². The molecule has 2 aliphatic carbocycles. The maximum atomic E-state index is 11.9. The molecule has 0 atom stereocenters. The summed E-state index contributed by atoms with van der Waals surface area (Å²) < 4.78 is 0. The second-order valence-corrected chi connectivity index (χ2v) is 9.29. The Kier molecular flexibility index (Phi) is 9.02. The predicted octanol–water partition coefficient (Wildman–Crippen LogP) is 2.86. The number of nitrogens with one attached hydrogen (secondary N) is 2. The van der Waals surface area contributed by atoms with Crippen molar-refractivity contribution in [2.45, 2.75) is 0 Å². The number of aliphatic hydroxyl groups is 2. The van der Waals surface area contributed by atoms with E-state index < -0.39 is 69.5 Å². The van der Waals surface area contributed by atoms with Crippen LogP contribution in [-0.4, -0.2) is 77.5 Å². The highest BCUT2D eigenvalue weighted by molar-refractivity contribution is 6.33. The molecule has 0 spiro atoms. The summed E-state index contributed by atoms with van der Waals surface area (Å²) in [5.74, 6) is -8.86. The molecule has 2 aromatic carbocycles. The number of hydrogen-bond acceptors (Lipinski definition) is 12. The third kappa shape index (κ3) is 7.09. The second-order valence-electron chi connectivity index (χ2n) is 9.29. The molecule has 4 rings (SSSR count). The lowest BCUT2D eigenvalue weighted by molar-refractivity contribution is -0.133. The van der Waals surface area contributed by atoms with E-state index in [0.717, 1.165) is 24.3 Å². The van der Waals surface area contributed by atoms with Gasteiger partial charge in [-0.1, -0.05) is 24.3 Å². The standard InChI is InChI=1S/C30H20N4O12/c35-15-9-19(29(43)44)25(23(37)11-15)33-31-21-5-3-13(7-17(21)27(39)40)1-2-14-4-6-22(18(8-14)28(41)42)32-34-26-20(30(45)46)10-16(36)12-24(26)38/h1-12,31-32,37-38H,(H,39,40)(H,41,42)(H,43,44)(H,45,46)/b2-1+,33-25-,34-26-. The fraction of sp³-hybridized carbons (Fsp3) is 0. The minimum atomic E-state index is -1.54. The first-order chi connectivity index (χ1) is 21.7. The van der Waals surface area contributed by atoms with Crippen LogP contribution in [0.25, 0.3) is 12.2 Å². The Bertz CT molecular complexity index is 1820. The highest BCUT2D eigenvalue weighted by Gasteiger charge is 2.26. The highest BCUT2D eigenvalue weighted by Crippen LogP contribution is 2.24. The number of aromatic carboxylic acids is 2. The van der Waals surface area contributed by atoms with Crippen molar-refractivity contribution in [2.75, 3.05) is 10.9 Å². The maximum absolute atomic E-state index is 11.9. The molecule has 0 heterocycles. The lowest BCUT2D eigenvalue weighted by Gasteiger charge is -2.12. The highest BCUT2D eigenvalue weighted by atomic mass is 16.4. The Labute approximate surface area is 256 Å². The number of nitrogens with zero attached hydrogens (tertiary/aromatic N) is 2. The second kappa shape index (κ2) is 13.0. The van der Waals surface area contributed by atoms with E-state index in [2.05, 4.69) is 21.1 Å². The maximum Gasteiger partial charge on any atom is 0.338 e. The molecule has 46 heavy (non-hydrogen) atoms. The number of aliphatic carboxylic acids is 2. The fourth-order valence-electron chi connectivity index (χ4n) is 4.05. The van der Waals surface area contributed by atoms with Gasteiger partial charge in [-0.2, -0.15) is 10.2 Å². The van der Waals surface area contributed by atoms with Crippen molar-refractivity contribution in [2.24, 2.45) is 10.2 Å². The van der Waals surface area contributed by atoms with E-state index in [9.17, 15) is 59.4 Å². The zero-order chi connectivity index (χ0) is 33.7. The van der Waals surface area contributed by atoms with Crippen molar-refractivity contribution in [3.05, 3.63) is 106 Å². The van der Waals surface area contributed by atoms with E-state index in [1.807, 2.05) is 0 Å². The Morgan fingerprint density at radius 1 is 0.565 bits per heavy atom. The quantitative estimate of drug-likeness (QED) is 0.107. The fourth-order valence-corrected chi connectivity index (χ4v) is 4.05. The lowest BCUT2D eigenvalue weighted by atomic mass is 10.0. The summed E-state index contributed by atoms with van der Waals surface area (Å²) in [6.07, 6.45) is 5.92. The predicted molar refractivity (Wildman–Crippen MR) is 161 cm³/mol. The number of rotatable bonds is 10. The summed E-state index contributed by atoms with van der Waals surface area (Å²) in [6.45, 7) is 0. The SMILES string of the molecule is O=C1C=C(O)/C(=N\Nc2ccc(/C=C/c3ccc(N/N=C4\C(O)=CC(=O)C=C4C(=O)O)c(C(=O)O)c3)cc2C(=O)O)C(C(=O)O)=C1. The van der Waals surface area contributed by atoms with E-state index in [0.29, 0.717) is 11.1 Å². The van der Waals surface area contributed by atoms with Gasteiger partial charge in [-0.15, -0.1) is 0 Å². The largest absolute Gasteiger partial charge is 0.505 e. The molecule has 0 bridgehead atoms. The van der Waals surface area contributed by atoms with Crippen LogP contribution >= 0.6 is 0 Å². The van der Waals surface area contributed by atoms with Crippen molar-refractivity contribution in [1.29, 1.82) is 0 Å². The number of aliphatic hydroxyl groups excluding tert-OH is 2. The molecule has 8 N–H and O–H groups in total. The molecule has 16 nitrogen and oxygen atoms in total. The van der Waals surface area contributed by atoms with Crippen LogP contribution in [0.4, 0.5) is 11.4 Å². The van der Waals surface area contributed by atoms with E-state index in [-0.39, 0.29) is 22.5 Å². The molecule has 0 saturated carbocycles. The third-order valence-electron chi connectivity index (χ3n) is 6.18. The number of hydrogen-bond donors (Lipinski definition) is 8. The first-order valence-corrected chi connectivity index (χ1v) is 12.7. The van der Waals surface area contributed by atoms with Crippen LogP contribution in [0.3, 0.4) is 0 Å². The van der Waals surface area contributed by atoms with Crippen LogP contribution in [0.1, 0.15) is 31.8 Å². The minimum absolute atomic E-state index is 0.0825. The van der Waals surface area contributed by atoms with Gasteiger partial charge >= 0.3 is 23.9 Å². The van der Waals surface area contributed by atoms with Gasteiger partial charge in [0.15, 0.2) is 11.6 Å². The zero-order valence-corrected chi connectivity index (χ0v) is 23.0. The van der Waals surface area contributed by atoms with Crippen LogP contribution in [-0.2, 0) is 19.2 Å². The average molecular weight is 629 g/mol. The van der Waals surface area contributed by atoms with Gasteiger partial charge in [0, 0.05) is 24.3 Å². The van der Waals surface area contributed by atoms with Gasteiger partial charge in [-0.05, 0) is 35.4 Å². The van der Waals surface area contributed by atoms with Crippen LogP contribution < -0.4 is 10.9 Å². The molecule has 0 saturated heterocycles. The van der Waals surface area contributed by atoms with Gasteiger partial charge < -0.3 is 30.6 Å². The Morgan fingerprint density at radius 2 is 0.935 bits per heavy atom. The summed E-state index contributed by atoms with van der Waals surface area (Å²) >= 11 is 0. The van der Waals surface area contributed by atoms with Crippen LogP contribution in [0, 0.1) is 0 Å². The summed E-state index contributed by atoms with van der Waals surface area (Å²) in [5, 5.41) is 65.6. The van der Waals surface area contributed by atoms with E-state index in [1.54, 1.807) is 0 Å². The number of carbonyl (C=O) groups is 6.